The van der Waals surface area contributed by atoms with E-state index in [0.717, 1.165) is 24.7 Å². The van der Waals surface area contributed by atoms with Gasteiger partial charge in [-0.05, 0) is 37.5 Å². The summed E-state index contributed by atoms with van der Waals surface area (Å²) in [5, 5.41) is 0. The first-order chi connectivity index (χ1) is 7.44. The van der Waals surface area contributed by atoms with Gasteiger partial charge in [0.25, 0.3) is 0 Å². The normalized spacial score (nSPS) is 15.9. The average molecular weight is 241 g/mol. The van der Waals surface area contributed by atoms with Gasteiger partial charge in [0.05, 0.1) is 18.0 Å². The molecule has 1 aliphatic carbocycles. The van der Waals surface area contributed by atoms with E-state index in [4.69, 9.17) is 4.74 Å². The lowest BCUT2D eigenvalue weighted by Crippen LogP contribution is -2.11. The zero-order valence-corrected chi connectivity index (χ0v) is 10.2. The van der Waals surface area contributed by atoms with Gasteiger partial charge in [-0.15, -0.1) is 0 Å². The van der Waals surface area contributed by atoms with E-state index in [1.165, 1.54) is 0 Å². The van der Waals surface area contributed by atoms with E-state index in [1.54, 1.807) is 12.1 Å². The van der Waals surface area contributed by atoms with Crippen molar-refractivity contribution in [3.63, 3.8) is 0 Å². The van der Waals surface area contributed by atoms with Crippen LogP contribution in [0.3, 0.4) is 0 Å². The summed E-state index contributed by atoms with van der Waals surface area (Å²) < 4.78 is 30.5. The summed E-state index contributed by atoms with van der Waals surface area (Å²) in [4.78, 5) is 0. The molecule has 4 nitrogen and oxygen atoms in total. The standard InChI is InChI=1S/C11H15NO3S/c1-8-3-6-11(15-9-4-5-9)10(7-8)12-16(2,13)14/h3,6-7,9,12H,4-5H2,1-2H3. The molecule has 1 fully saturated rings. The minimum Gasteiger partial charge on any atom is -0.488 e. The van der Waals surface area contributed by atoms with Crippen LogP contribution in [0.15, 0.2) is 18.2 Å². The molecule has 88 valence electrons. The molecule has 0 spiro atoms. The van der Waals surface area contributed by atoms with Gasteiger partial charge in [-0.3, -0.25) is 4.72 Å². The predicted octanol–water partition coefficient (Wildman–Crippen LogP) is 1.91. The molecule has 2 rings (SSSR count). The Morgan fingerprint density at radius 3 is 2.62 bits per heavy atom. The quantitative estimate of drug-likeness (QED) is 0.876. The Balaban J connectivity index is 2.27. The first kappa shape index (κ1) is 11.3. The van der Waals surface area contributed by atoms with Crippen molar-refractivity contribution in [3.05, 3.63) is 23.8 Å². The molecule has 0 heterocycles. The van der Waals surface area contributed by atoms with Crippen molar-refractivity contribution < 1.29 is 13.2 Å². The smallest absolute Gasteiger partial charge is 0.229 e. The number of nitrogens with one attached hydrogen (secondary N) is 1. The van der Waals surface area contributed by atoms with Crippen molar-refractivity contribution in [2.75, 3.05) is 11.0 Å². The third-order valence-electron chi connectivity index (χ3n) is 2.25. The van der Waals surface area contributed by atoms with Gasteiger partial charge >= 0.3 is 0 Å². The highest BCUT2D eigenvalue weighted by Gasteiger charge is 2.24. The van der Waals surface area contributed by atoms with Crippen LogP contribution in [0.4, 0.5) is 5.69 Å². The van der Waals surface area contributed by atoms with Crippen LogP contribution in [0.2, 0.25) is 0 Å². The Hall–Kier alpha value is -1.23. The molecular weight excluding hydrogens is 226 g/mol. The summed E-state index contributed by atoms with van der Waals surface area (Å²) >= 11 is 0. The van der Waals surface area contributed by atoms with Gasteiger partial charge in [0.1, 0.15) is 5.75 Å². The van der Waals surface area contributed by atoms with Crippen LogP contribution in [-0.2, 0) is 10.0 Å². The van der Waals surface area contributed by atoms with Crippen LogP contribution in [-0.4, -0.2) is 20.8 Å². The maximum absolute atomic E-state index is 11.2. The van der Waals surface area contributed by atoms with Gasteiger partial charge in [-0.1, -0.05) is 6.07 Å². The van der Waals surface area contributed by atoms with Gasteiger partial charge in [-0.25, -0.2) is 8.42 Å². The number of sulfonamides is 1. The van der Waals surface area contributed by atoms with Gasteiger partial charge in [0.2, 0.25) is 10.0 Å². The molecule has 0 unspecified atom stereocenters. The van der Waals surface area contributed by atoms with Crippen molar-refractivity contribution in [2.45, 2.75) is 25.9 Å². The molecule has 1 aliphatic rings. The van der Waals surface area contributed by atoms with Gasteiger partial charge in [0.15, 0.2) is 0 Å². The zero-order valence-electron chi connectivity index (χ0n) is 9.36. The van der Waals surface area contributed by atoms with Crippen molar-refractivity contribution in [1.29, 1.82) is 0 Å². The number of ether oxygens (including phenoxy) is 1. The van der Waals surface area contributed by atoms with Crippen molar-refractivity contribution in [3.8, 4) is 5.75 Å². The highest BCUT2D eigenvalue weighted by molar-refractivity contribution is 7.92. The van der Waals surface area contributed by atoms with E-state index in [2.05, 4.69) is 4.72 Å². The topological polar surface area (TPSA) is 55.4 Å². The number of anilines is 1. The van der Waals surface area contributed by atoms with Crippen molar-refractivity contribution >= 4 is 15.7 Å². The van der Waals surface area contributed by atoms with Gasteiger partial charge < -0.3 is 4.74 Å². The summed E-state index contributed by atoms with van der Waals surface area (Å²) in [6, 6.07) is 5.49. The molecule has 5 heteroatoms. The second kappa shape index (κ2) is 3.97. The maximum atomic E-state index is 11.2. The second-order valence-electron chi connectivity index (χ2n) is 4.19. The zero-order chi connectivity index (χ0) is 11.8. The van der Waals surface area contributed by atoms with Crippen LogP contribution < -0.4 is 9.46 Å². The number of benzene rings is 1. The molecule has 1 aromatic rings. The Morgan fingerprint density at radius 1 is 1.38 bits per heavy atom. The van der Waals surface area contributed by atoms with E-state index < -0.39 is 10.0 Å². The molecular formula is C11H15NO3S. The molecule has 0 bridgehead atoms. The van der Waals surface area contributed by atoms with Crippen LogP contribution in [0.5, 0.6) is 5.75 Å². The number of hydrogen-bond donors (Lipinski definition) is 1. The lowest BCUT2D eigenvalue weighted by atomic mass is 10.2. The van der Waals surface area contributed by atoms with Crippen LogP contribution in [0.25, 0.3) is 0 Å². The highest BCUT2D eigenvalue weighted by Crippen LogP contribution is 2.33. The van der Waals surface area contributed by atoms with E-state index >= 15 is 0 Å². The largest absolute Gasteiger partial charge is 0.488 e. The molecule has 0 atom stereocenters. The minimum absolute atomic E-state index is 0.253. The summed E-state index contributed by atoms with van der Waals surface area (Å²) in [6.45, 7) is 1.91. The Labute approximate surface area is 95.7 Å². The monoisotopic (exact) mass is 241 g/mol. The van der Waals surface area contributed by atoms with Crippen LogP contribution in [0, 0.1) is 6.92 Å². The summed E-state index contributed by atoms with van der Waals surface area (Å²) in [5.74, 6) is 0.610. The lowest BCUT2D eigenvalue weighted by molar-refractivity contribution is 0.305. The van der Waals surface area contributed by atoms with Crippen molar-refractivity contribution in [2.24, 2.45) is 0 Å². The molecule has 0 aliphatic heterocycles. The number of hydrogen-bond acceptors (Lipinski definition) is 3. The fourth-order valence-corrected chi connectivity index (χ4v) is 1.95. The van der Waals surface area contributed by atoms with Gasteiger partial charge in [-0.2, -0.15) is 0 Å². The lowest BCUT2D eigenvalue weighted by Gasteiger charge is -2.12. The summed E-state index contributed by atoms with van der Waals surface area (Å²) in [7, 11) is -3.26. The van der Waals surface area contributed by atoms with Crippen LogP contribution in [0.1, 0.15) is 18.4 Å². The molecule has 0 saturated heterocycles. The SMILES string of the molecule is Cc1ccc(OC2CC2)c(NS(C)(=O)=O)c1. The summed E-state index contributed by atoms with van der Waals surface area (Å²) in [5.41, 5.74) is 1.52. The van der Waals surface area contributed by atoms with E-state index in [0.29, 0.717) is 11.4 Å². The molecule has 1 saturated carbocycles. The average Bonchev–Trinajstić information content (AvgIpc) is 2.91. The van der Waals surface area contributed by atoms with Crippen LogP contribution >= 0.6 is 0 Å². The fourth-order valence-electron chi connectivity index (χ4n) is 1.39. The Kier molecular flexibility index (Phi) is 2.80. The highest BCUT2D eigenvalue weighted by atomic mass is 32.2. The Morgan fingerprint density at radius 2 is 2.06 bits per heavy atom. The molecule has 0 aromatic heterocycles. The van der Waals surface area contributed by atoms with E-state index in [1.807, 2.05) is 13.0 Å². The first-order valence-electron chi connectivity index (χ1n) is 5.19. The maximum Gasteiger partial charge on any atom is 0.229 e. The second-order valence-corrected chi connectivity index (χ2v) is 5.94. The molecule has 0 radical (unpaired) electrons. The van der Waals surface area contributed by atoms with E-state index in [9.17, 15) is 8.42 Å². The molecule has 1 aromatic carbocycles. The summed E-state index contributed by atoms with van der Waals surface area (Å²) in [6.07, 6.45) is 3.48. The number of aryl methyl sites for hydroxylation is 1. The predicted molar refractivity (Wildman–Crippen MR) is 63.3 cm³/mol. The fraction of sp³-hybridized carbons (Fsp3) is 0.455. The van der Waals surface area contributed by atoms with E-state index in [-0.39, 0.29) is 6.10 Å². The third-order valence-corrected chi connectivity index (χ3v) is 2.84. The molecule has 16 heavy (non-hydrogen) atoms. The number of rotatable bonds is 4. The van der Waals surface area contributed by atoms with Crippen molar-refractivity contribution in [1.82, 2.24) is 0 Å². The first-order valence-corrected chi connectivity index (χ1v) is 7.08. The Bertz CT molecular complexity index is 492. The van der Waals surface area contributed by atoms with Gasteiger partial charge in [0, 0.05) is 0 Å². The molecule has 0 amide bonds. The minimum atomic E-state index is -3.26. The molecule has 1 N–H and O–H groups in total. The third kappa shape index (κ3) is 3.13.